The number of nitrogens with zero attached hydrogens (tertiary/aromatic N) is 1. The third-order valence-corrected chi connectivity index (χ3v) is 6.25. The van der Waals surface area contributed by atoms with E-state index in [4.69, 9.17) is 0 Å². The van der Waals surface area contributed by atoms with E-state index in [2.05, 4.69) is 39.0 Å². The maximum atomic E-state index is 12.5. The molecule has 0 spiro atoms. The van der Waals surface area contributed by atoms with Crippen LogP contribution in [0.3, 0.4) is 0 Å². The predicted octanol–water partition coefficient (Wildman–Crippen LogP) is 3.57. The lowest BCUT2D eigenvalue weighted by Crippen LogP contribution is -2.41. The van der Waals surface area contributed by atoms with E-state index >= 15 is 0 Å². The molecule has 0 saturated heterocycles. The largest absolute Gasteiger partial charge is 0.361 e. The third kappa shape index (κ3) is 4.97. The fourth-order valence-corrected chi connectivity index (χ4v) is 4.71. The van der Waals surface area contributed by atoms with E-state index in [1.807, 2.05) is 23.6 Å². The van der Waals surface area contributed by atoms with Crippen LogP contribution < -0.4 is 20.9 Å². The molecule has 8 heteroatoms. The smallest absolute Gasteiger partial charge is 0.313 e. The van der Waals surface area contributed by atoms with Gasteiger partial charge in [-0.3, -0.25) is 14.4 Å². The molecule has 0 bridgehead atoms. The summed E-state index contributed by atoms with van der Waals surface area (Å²) in [5.74, 6) is -1.67. The minimum Gasteiger partial charge on any atom is -0.361 e. The number of carbonyl (C=O) groups is 3. The van der Waals surface area contributed by atoms with Gasteiger partial charge in [0, 0.05) is 42.0 Å². The van der Waals surface area contributed by atoms with Crippen LogP contribution in [0, 0.1) is 0 Å². The summed E-state index contributed by atoms with van der Waals surface area (Å²) >= 11 is 1.63. The first kappa shape index (κ1) is 21.6. The van der Waals surface area contributed by atoms with Crippen molar-refractivity contribution >= 4 is 46.1 Å². The van der Waals surface area contributed by atoms with Crippen LogP contribution >= 0.6 is 11.3 Å². The molecule has 32 heavy (non-hydrogen) atoms. The summed E-state index contributed by atoms with van der Waals surface area (Å²) in [5.41, 5.74) is 3.43. The zero-order valence-corrected chi connectivity index (χ0v) is 18.4. The number of rotatable bonds is 6. The molecule has 0 fully saturated rings. The molecule has 3 aromatic rings. The van der Waals surface area contributed by atoms with Gasteiger partial charge in [-0.1, -0.05) is 30.3 Å². The van der Waals surface area contributed by atoms with E-state index in [9.17, 15) is 14.4 Å². The molecule has 3 amide bonds. The summed E-state index contributed by atoms with van der Waals surface area (Å²) < 4.78 is 0. The van der Waals surface area contributed by atoms with Gasteiger partial charge < -0.3 is 20.9 Å². The van der Waals surface area contributed by atoms with Crippen molar-refractivity contribution in [3.05, 3.63) is 76.5 Å². The average molecular weight is 449 g/mol. The van der Waals surface area contributed by atoms with Crippen LogP contribution in [-0.2, 0) is 20.8 Å². The highest BCUT2D eigenvalue weighted by atomic mass is 32.1. The number of carbonyl (C=O) groups excluding carboxylic acids is 3. The number of para-hydroxylation sites is 1. The van der Waals surface area contributed by atoms with Crippen LogP contribution in [0.5, 0.6) is 0 Å². The average Bonchev–Trinajstić information content (AvgIpc) is 3.44. The van der Waals surface area contributed by atoms with Gasteiger partial charge in [0.2, 0.25) is 5.91 Å². The van der Waals surface area contributed by atoms with Crippen LogP contribution in [0.4, 0.5) is 17.1 Å². The summed E-state index contributed by atoms with van der Waals surface area (Å²) in [4.78, 5) is 39.6. The maximum Gasteiger partial charge on any atom is 0.313 e. The van der Waals surface area contributed by atoms with E-state index in [0.29, 0.717) is 17.9 Å². The Morgan fingerprint density at radius 2 is 1.75 bits per heavy atom. The lowest BCUT2D eigenvalue weighted by atomic mass is 10.1. The van der Waals surface area contributed by atoms with Crippen molar-refractivity contribution in [2.45, 2.75) is 19.4 Å². The van der Waals surface area contributed by atoms with Gasteiger partial charge in [-0.2, -0.15) is 0 Å². The van der Waals surface area contributed by atoms with Crippen LogP contribution in [0.25, 0.3) is 0 Å². The summed E-state index contributed by atoms with van der Waals surface area (Å²) in [7, 11) is 0. The second-order valence-corrected chi connectivity index (χ2v) is 8.51. The highest BCUT2D eigenvalue weighted by molar-refractivity contribution is 7.10. The first-order chi connectivity index (χ1) is 15.5. The first-order valence-corrected chi connectivity index (χ1v) is 11.2. The molecular weight excluding hydrogens is 424 g/mol. The van der Waals surface area contributed by atoms with Gasteiger partial charge in [0.15, 0.2) is 0 Å². The molecule has 4 rings (SSSR count). The Balaban J connectivity index is 1.42. The highest BCUT2D eigenvalue weighted by Crippen LogP contribution is 2.36. The standard InChI is InChI=1S/C24H24N4O3S/c1-16(29)26-18-7-4-8-19(14-18)27-24(31)23(30)25-15-21(22-10-5-13-32-22)28-12-11-17-6-2-3-9-20(17)28/h2-10,13-14,21H,11-12,15H2,1H3,(H,25,30)(H,26,29)(H,27,31)/t21-/m0/s1. The summed E-state index contributed by atoms with van der Waals surface area (Å²) in [6.45, 7) is 2.58. The molecule has 2 heterocycles. The Morgan fingerprint density at radius 3 is 2.50 bits per heavy atom. The van der Waals surface area contributed by atoms with Crippen molar-refractivity contribution in [3.8, 4) is 0 Å². The molecule has 0 unspecified atom stereocenters. The minimum absolute atomic E-state index is 0.0569. The second-order valence-electron chi connectivity index (χ2n) is 7.53. The van der Waals surface area contributed by atoms with E-state index in [1.165, 1.54) is 18.2 Å². The zero-order valence-electron chi connectivity index (χ0n) is 17.6. The van der Waals surface area contributed by atoms with Gasteiger partial charge in [0.25, 0.3) is 0 Å². The Bertz CT molecular complexity index is 1130. The SMILES string of the molecule is CC(=O)Nc1cccc(NC(=O)C(=O)NC[C@@H](c2cccs2)N2CCc3ccccc32)c1. The van der Waals surface area contributed by atoms with Gasteiger partial charge in [0.05, 0.1) is 6.04 Å². The number of thiophene rings is 1. The Morgan fingerprint density at radius 1 is 0.969 bits per heavy atom. The molecule has 0 saturated carbocycles. The molecule has 1 aliphatic rings. The highest BCUT2D eigenvalue weighted by Gasteiger charge is 2.28. The number of fused-ring (bicyclic) bond motifs is 1. The molecule has 0 radical (unpaired) electrons. The fourth-order valence-electron chi connectivity index (χ4n) is 3.87. The van der Waals surface area contributed by atoms with Crippen LogP contribution in [0.15, 0.2) is 66.0 Å². The van der Waals surface area contributed by atoms with Crippen molar-refractivity contribution in [3.63, 3.8) is 0 Å². The molecule has 164 valence electrons. The number of nitrogens with one attached hydrogen (secondary N) is 3. The summed E-state index contributed by atoms with van der Waals surface area (Å²) in [6.07, 6.45) is 0.955. The normalized spacial score (nSPS) is 13.2. The third-order valence-electron chi connectivity index (χ3n) is 5.27. The van der Waals surface area contributed by atoms with Gasteiger partial charge in [-0.05, 0) is 47.7 Å². The van der Waals surface area contributed by atoms with Crippen LogP contribution in [-0.4, -0.2) is 30.8 Å². The molecule has 1 aromatic heterocycles. The van der Waals surface area contributed by atoms with Crippen molar-refractivity contribution in [1.29, 1.82) is 0 Å². The summed E-state index contributed by atoms with van der Waals surface area (Å²) in [6, 6.07) is 18.9. The van der Waals surface area contributed by atoms with Crippen LogP contribution in [0.2, 0.25) is 0 Å². The van der Waals surface area contributed by atoms with Crippen molar-refractivity contribution in [1.82, 2.24) is 5.32 Å². The second kappa shape index (κ2) is 9.65. The van der Waals surface area contributed by atoms with Gasteiger partial charge >= 0.3 is 11.8 Å². The number of amides is 3. The monoisotopic (exact) mass is 448 g/mol. The Hall–Kier alpha value is -3.65. The molecule has 1 atom stereocenters. The number of hydrogen-bond acceptors (Lipinski definition) is 5. The van der Waals surface area contributed by atoms with Crippen molar-refractivity contribution in [2.24, 2.45) is 0 Å². The Labute approximate surface area is 190 Å². The topological polar surface area (TPSA) is 90.5 Å². The molecule has 1 aliphatic heterocycles. The lowest BCUT2D eigenvalue weighted by Gasteiger charge is -2.30. The first-order valence-electron chi connectivity index (χ1n) is 10.4. The lowest BCUT2D eigenvalue weighted by molar-refractivity contribution is -0.136. The Kier molecular flexibility index (Phi) is 6.51. The molecule has 2 aromatic carbocycles. The molecule has 3 N–H and O–H groups in total. The predicted molar refractivity (Wildman–Crippen MR) is 127 cm³/mol. The van der Waals surface area contributed by atoms with E-state index in [1.54, 1.807) is 35.6 Å². The van der Waals surface area contributed by atoms with Crippen molar-refractivity contribution < 1.29 is 14.4 Å². The maximum absolute atomic E-state index is 12.5. The van der Waals surface area contributed by atoms with E-state index in [0.717, 1.165) is 17.8 Å². The molecule has 7 nitrogen and oxygen atoms in total. The quantitative estimate of drug-likeness (QED) is 0.503. The number of anilines is 3. The van der Waals surface area contributed by atoms with Crippen molar-refractivity contribution in [2.75, 3.05) is 28.6 Å². The molecular formula is C24H24N4O3S. The van der Waals surface area contributed by atoms with E-state index in [-0.39, 0.29) is 11.9 Å². The molecule has 0 aliphatic carbocycles. The minimum atomic E-state index is -0.753. The zero-order chi connectivity index (χ0) is 22.5. The summed E-state index contributed by atoms with van der Waals surface area (Å²) in [5, 5.41) is 10.0. The fraction of sp³-hybridized carbons (Fsp3) is 0.208. The number of hydrogen-bond donors (Lipinski definition) is 3. The van der Waals surface area contributed by atoms with Gasteiger partial charge in [0.1, 0.15) is 0 Å². The van der Waals surface area contributed by atoms with E-state index < -0.39 is 11.8 Å². The van der Waals surface area contributed by atoms with Crippen LogP contribution in [0.1, 0.15) is 23.4 Å². The van der Waals surface area contributed by atoms with Gasteiger partial charge in [-0.25, -0.2) is 0 Å². The number of benzene rings is 2. The van der Waals surface area contributed by atoms with Gasteiger partial charge in [-0.15, -0.1) is 11.3 Å².